The van der Waals surface area contributed by atoms with Gasteiger partial charge in [-0.05, 0) is 42.7 Å². The van der Waals surface area contributed by atoms with Crippen LogP contribution in [0.15, 0.2) is 48.5 Å². The molecule has 0 radical (unpaired) electrons. The maximum atomic E-state index is 12.7. The second kappa shape index (κ2) is 6.28. The minimum atomic E-state index is -3.55. The van der Waals surface area contributed by atoms with Gasteiger partial charge in [0.05, 0.1) is 11.9 Å². The van der Waals surface area contributed by atoms with Crippen LogP contribution in [-0.2, 0) is 21.2 Å². The van der Waals surface area contributed by atoms with Crippen LogP contribution < -0.4 is 9.21 Å². The third-order valence-electron chi connectivity index (χ3n) is 4.16. The number of nitrogens with zero attached hydrogens (tertiary/aromatic N) is 2. The molecule has 0 saturated heterocycles. The van der Waals surface area contributed by atoms with Gasteiger partial charge in [0.25, 0.3) is 0 Å². The molecule has 2 aromatic carbocycles. The highest BCUT2D eigenvalue weighted by Gasteiger charge is 2.28. The maximum absolute atomic E-state index is 12.7. The molecule has 0 bridgehead atoms. The van der Waals surface area contributed by atoms with Crippen LogP contribution in [0.2, 0.25) is 0 Å². The summed E-state index contributed by atoms with van der Waals surface area (Å²) in [7, 11) is -3.55. The summed E-state index contributed by atoms with van der Waals surface area (Å²) in [6.07, 6.45) is 1.92. The molecule has 126 valence electrons. The fraction of sp³-hybridized carbons (Fsp3) is 0.278. The predicted molar refractivity (Wildman–Crippen MR) is 95.9 cm³/mol. The van der Waals surface area contributed by atoms with Gasteiger partial charge in [-0.3, -0.25) is 9.10 Å². The number of sulfonamides is 1. The molecule has 5 nitrogen and oxygen atoms in total. The zero-order valence-corrected chi connectivity index (χ0v) is 14.6. The Bertz CT molecular complexity index is 877. The van der Waals surface area contributed by atoms with Crippen LogP contribution in [0.25, 0.3) is 0 Å². The van der Waals surface area contributed by atoms with E-state index in [2.05, 4.69) is 0 Å². The molecule has 0 N–H and O–H groups in total. The Kier molecular flexibility index (Phi) is 4.32. The van der Waals surface area contributed by atoms with E-state index in [-0.39, 0.29) is 12.5 Å². The van der Waals surface area contributed by atoms with Crippen molar-refractivity contribution in [3.63, 3.8) is 0 Å². The van der Waals surface area contributed by atoms with Crippen LogP contribution in [0.5, 0.6) is 0 Å². The molecule has 6 heteroatoms. The Morgan fingerprint density at radius 2 is 1.92 bits per heavy atom. The number of para-hydroxylation sites is 1. The van der Waals surface area contributed by atoms with E-state index in [1.807, 2.05) is 37.3 Å². The van der Waals surface area contributed by atoms with E-state index in [9.17, 15) is 13.2 Å². The van der Waals surface area contributed by atoms with Crippen molar-refractivity contribution >= 4 is 27.3 Å². The van der Waals surface area contributed by atoms with E-state index in [1.54, 1.807) is 23.1 Å². The molecular weight excluding hydrogens is 324 g/mol. The molecule has 3 rings (SSSR count). The Hall–Kier alpha value is -2.34. The van der Waals surface area contributed by atoms with Gasteiger partial charge in [0.15, 0.2) is 0 Å². The topological polar surface area (TPSA) is 57.7 Å². The SMILES string of the molecule is Cc1cccc(N(CC(=O)N2CCc3ccccc32)S(C)(=O)=O)c1. The number of hydrogen-bond acceptors (Lipinski definition) is 3. The number of hydrogen-bond donors (Lipinski definition) is 0. The summed E-state index contributed by atoms with van der Waals surface area (Å²) in [5, 5.41) is 0. The summed E-state index contributed by atoms with van der Waals surface area (Å²) in [4.78, 5) is 14.4. The molecule has 0 atom stereocenters. The largest absolute Gasteiger partial charge is 0.310 e. The summed E-state index contributed by atoms with van der Waals surface area (Å²) < 4.78 is 25.6. The van der Waals surface area contributed by atoms with Gasteiger partial charge in [-0.1, -0.05) is 30.3 Å². The fourth-order valence-corrected chi connectivity index (χ4v) is 3.83. The molecular formula is C18H20N2O3S. The van der Waals surface area contributed by atoms with E-state index in [0.717, 1.165) is 29.5 Å². The van der Waals surface area contributed by atoms with Crippen LogP contribution in [0.1, 0.15) is 11.1 Å². The average Bonchev–Trinajstić information content (AvgIpc) is 2.95. The first-order chi connectivity index (χ1) is 11.4. The lowest BCUT2D eigenvalue weighted by molar-refractivity contribution is -0.117. The van der Waals surface area contributed by atoms with E-state index in [1.165, 1.54) is 4.31 Å². The molecule has 0 aromatic heterocycles. The smallest absolute Gasteiger partial charge is 0.247 e. The molecule has 0 aliphatic carbocycles. The molecule has 1 aliphatic rings. The average molecular weight is 344 g/mol. The van der Waals surface area contributed by atoms with E-state index < -0.39 is 10.0 Å². The van der Waals surface area contributed by atoms with Gasteiger partial charge in [0, 0.05) is 12.2 Å². The monoisotopic (exact) mass is 344 g/mol. The summed E-state index contributed by atoms with van der Waals surface area (Å²) in [6.45, 7) is 2.28. The standard InChI is InChI=1S/C18H20N2O3S/c1-14-6-5-8-16(12-14)20(24(2,22)23)13-18(21)19-11-10-15-7-3-4-9-17(15)19/h3-9,12H,10-11,13H2,1-2H3. The molecule has 0 saturated carbocycles. The fourth-order valence-electron chi connectivity index (χ4n) is 2.99. The van der Waals surface area contributed by atoms with Crippen LogP contribution in [-0.4, -0.2) is 33.7 Å². The van der Waals surface area contributed by atoms with Crippen molar-refractivity contribution in [1.82, 2.24) is 0 Å². The first kappa shape index (κ1) is 16.5. The number of carbonyl (C=O) groups excluding carboxylic acids is 1. The van der Waals surface area contributed by atoms with Gasteiger partial charge >= 0.3 is 0 Å². The van der Waals surface area contributed by atoms with Crippen LogP contribution in [0.3, 0.4) is 0 Å². The first-order valence-electron chi connectivity index (χ1n) is 7.79. The number of benzene rings is 2. The summed E-state index contributed by atoms with van der Waals surface area (Å²) >= 11 is 0. The number of rotatable bonds is 4. The van der Waals surface area contributed by atoms with Gasteiger partial charge in [-0.2, -0.15) is 0 Å². The van der Waals surface area contributed by atoms with Crippen molar-refractivity contribution in [2.75, 3.05) is 28.6 Å². The number of anilines is 2. The number of amides is 1. The zero-order valence-electron chi connectivity index (χ0n) is 13.8. The van der Waals surface area contributed by atoms with Gasteiger partial charge < -0.3 is 4.90 Å². The van der Waals surface area contributed by atoms with Gasteiger partial charge in [-0.15, -0.1) is 0 Å². The lowest BCUT2D eigenvalue weighted by Gasteiger charge is -2.25. The van der Waals surface area contributed by atoms with E-state index >= 15 is 0 Å². The van der Waals surface area contributed by atoms with Crippen LogP contribution in [0, 0.1) is 6.92 Å². The van der Waals surface area contributed by atoms with Crippen molar-refractivity contribution < 1.29 is 13.2 Å². The summed E-state index contributed by atoms with van der Waals surface area (Å²) in [5.74, 6) is -0.216. The highest BCUT2D eigenvalue weighted by molar-refractivity contribution is 7.92. The predicted octanol–water partition coefficient (Wildman–Crippen LogP) is 2.35. The summed E-state index contributed by atoms with van der Waals surface area (Å²) in [5.41, 5.74) is 3.45. The highest BCUT2D eigenvalue weighted by atomic mass is 32.2. The minimum Gasteiger partial charge on any atom is -0.310 e. The second-order valence-corrected chi connectivity index (χ2v) is 7.94. The number of fused-ring (bicyclic) bond motifs is 1. The van der Waals surface area contributed by atoms with Crippen molar-refractivity contribution in [3.05, 3.63) is 59.7 Å². The maximum Gasteiger partial charge on any atom is 0.247 e. The second-order valence-electron chi connectivity index (χ2n) is 6.03. The van der Waals surface area contributed by atoms with Gasteiger partial charge in [0.2, 0.25) is 15.9 Å². The lowest BCUT2D eigenvalue weighted by Crippen LogP contribution is -2.42. The molecule has 0 spiro atoms. The molecule has 1 heterocycles. The minimum absolute atomic E-state index is 0.198. The first-order valence-corrected chi connectivity index (χ1v) is 9.64. The van der Waals surface area contributed by atoms with Crippen molar-refractivity contribution in [3.8, 4) is 0 Å². The molecule has 0 unspecified atom stereocenters. The molecule has 2 aromatic rings. The third kappa shape index (κ3) is 3.28. The number of carbonyl (C=O) groups is 1. The normalized spacial score (nSPS) is 13.7. The Balaban J connectivity index is 1.88. The van der Waals surface area contributed by atoms with Crippen LogP contribution in [0.4, 0.5) is 11.4 Å². The van der Waals surface area contributed by atoms with E-state index in [0.29, 0.717) is 12.2 Å². The molecule has 0 fully saturated rings. The molecule has 24 heavy (non-hydrogen) atoms. The Morgan fingerprint density at radius 3 is 2.62 bits per heavy atom. The molecule has 1 aliphatic heterocycles. The quantitative estimate of drug-likeness (QED) is 0.855. The van der Waals surface area contributed by atoms with Crippen molar-refractivity contribution in [1.29, 1.82) is 0 Å². The van der Waals surface area contributed by atoms with Gasteiger partial charge in [0.1, 0.15) is 6.54 Å². The van der Waals surface area contributed by atoms with Crippen molar-refractivity contribution in [2.45, 2.75) is 13.3 Å². The van der Waals surface area contributed by atoms with E-state index in [4.69, 9.17) is 0 Å². The Labute approximate surface area is 142 Å². The summed E-state index contributed by atoms with van der Waals surface area (Å²) in [6, 6.07) is 14.9. The zero-order chi connectivity index (χ0) is 17.3. The highest BCUT2D eigenvalue weighted by Crippen LogP contribution is 2.28. The lowest BCUT2D eigenvalue weighted by atomic mass is 10.2. The van der Waals surface area contributed by atoms with Gasteiger partial charge in [-0.25, -0.2) is 8.42 Å². The molecule has 1 amide bonds. The van der Waals surface area contributed by atoms with Crippen LogP contribution >= 0.6 is 0 Å². The van der Waals surface area contributed by atoms with Crippen molar-refractivity contribution in [2.24, 2.45) is 0 Å². The Morgan fingerprint density at radius 1 is 1.17 bits per heavy atom. The number of aryl methyl sites for hydroxylation is 1. The third-order valence-corrected chi connectivity index (χ3v) is 5.30.